The van der Waals surface area contributed by atoms with E-state index in [1.807, 2.05) is 48.4 Å². The van der Waals surface area contributed by atoms with E-state index in [0.29, 0.717) is 0 Å². The second-order valence-corrected chi connectivity index (χ2v) is 9.78. The van der Waals surface area contributed by atoms with Crippen LogP contribution in [0.15, 0.2) is 110 Å². The molecule has 0 fully saturated rings. The number of anilines is 2. The van der Waals surface area contributed by atoms with Gasteiger partial charge in [0, 0.05) is 37.0 Å². The molecule has 0 amide bonds. The Morgan fingerprint density at radius 1 is 0.615 bits per heavy atom. The fraction of sp³-hybridized carbons (Fsp3) is 0.0303. The van der Waals surface area contributed by atoms with Crippen molar-refractivity contribution in [3.05, 3.63) is 122 Å². The zero-order valence-electron chi connectivity index (χ0n) is 21.1. The molecule has 0 aliphatic carbocycles. The normalized spacial score (nSPS) is 12.4. The molecule has 2 aliphatic rings. The molecule has 0 N–H and O–H groups in total. The van der Waals surface area contributed by atoms with Crippen LogP contribution < -0.4 is 15.7 Å². The number of hydrogen-bond acceptors (Lipinski definition) is 3. The smallest absolute Gasteiger partial charge is 0.380 e. The summed E-state index contributed by atoms with van der Waals surface area (Å²) in [6.07, 6.45) is 5.65. The number of rotatable bonds is 2. The second-order valence-electron chi connectivity index (χ2n) is 9.78. The molecule has 6 aromatic rings. The van der Waals surface area contributed by atoms with Gasteiger partial charge in [-0.25, -0.2) is 0 Å². The van der Waals surface area contributed by atoms with Gasteiger partial charge in [-0.3, -0.25) is 4.98 Å². The molecule has 39 heavy (non-hydrogen) atoms. The van der Waals surface area contributed by atoms with Crippen molar-refractivity contribution in [3.8, 4) is 44.9 Å². The molecule has 4 aromatic carbocycles. The maximum Gasteiger partial charge on any atom is 2.00 e. The standard InChI is InChI=1S/C33H21BN4.Pt/c1-37-19-18-36-33(37)23-14-16-25-27-9-3-5-12-32(27)38-31-11-4-2-8-26(31)24-15-13-22(30-10-6-7-17-35-30)20-28(24)34(38)29(25)21-23;/h2-19H,1H3;/q-2;+2. The van der Waals surface area contributed by atoms with Gasteiger partial charge in [0.05, 0.1) is 5.82 Å². The molecule has 2 aliphatic heterocycles. The number of hydrogen-bond donors (Lipinski definition) is 0. The van der Waals surface area contributed by atoms with Crippen molar-refractivity contribution < 1.29 is 21.1 Å². The van der Waals surface area contributed by atoms with Crippen LogP contribution in [-0.2, 0) is 28.1 Å². The molecule has 8 rings (SSSR count). The number of aromatic nitrogens is 3. The van der Waals surface area contributed by atoms with Gasteiger partial charge in [0.15, 0.2) is 0 Å². The van der Waals surface area contributed by atoms with Gasteiger partial charge in [-0.05, 0) is 35.0 Å². The van der Waals surface area contributed by atoms with Crippen LogP contribution >= 0.6 is 0 Å². The van der Waals surface area contributed by atoms with Crippen LogP contribution in [0.4, 0.5) is 11.4 Å². The summed E-state index contributed by atoms with van der Waals surface area (Å²) in [7, 11) is 2.02. The predicted molar refractivity (Wildman–Crippen MR) is 154 cm³/mol. The molecule has 2 aromatic heterocycles. The first-order chi connectivity index (χ1) is 18.8. The van der Waals surface area contributed by atoms with Gasteiger partial charge in [0.1, 0.15) is 0 Å². The minimum Gasteiger partial charge on any atom is -0.380 e. The number of para-hydroxylation sites is 2. The number of fused-ring (bicyclic) bond motifs is 11. The number of aryl methyl sites for hydroxylation is 1. The van der Waals surface area contributed by atoms with E-state index < -0.39 is 0 Å². The van der Waals surface area contributed by atoms with Crippen molar-refractivity contribution in [2.45, 2.75) is 0 Å². The van der Waals surface area contributed by atoms with Crippen molar-refractivity contribution in [2.75, 3.05) is 4.81 Å². The molecule has 186 valence electrons. The van der Waals surface area contributed by atoms with Gasteiger partial charge < -0.3 is 14.4 Å². The van der Waals surface area contributed by atoms with E-state index in [-0.39, 0.29) is 27.9 Å². The summed E-state index contributed by atoms with van der Waals surface area (Å²) >= 11 is 0. The Labute approximate surface area is 242 Å². The van der Waals surface area contributed by atoms with Gasteiger partial charge in [-0.2, -0.15) is 0 Å². The summed E-state index contributed by atoms with van der Waals surface area (Å²) in [6, 6.07) is 39.7. The summed E-state index contributed by atoms with van der Waals surface area (Å²) in [4.78, 5) is 11.7. The zero-order chi connectivity index (χ0) is 25.2. The molecule has 0 spiro atoms. The second kappa shape index (κ2) is 9.22. The number of pyridine rings is 1. The molecule has 4 heterocycles. The maximum atomic E-state index is 4.62. The van der Waals surface area contributed by atoms with E-state index in [4.69, 9.17) is 0 Å². The van der Waals surface area contributed by atoms with Crippen molar-refractivity contribution in [1.29, 1.82) is 0 Å². The van der Waals surface area contributed by atoms with E-state index in [1.54, 1.807) is 0 Å². The van der Waals surface area contributed by atoms with E-state index in [9.17, 15) is 0 Å². The molecule has 0 saturated carbocycles. The van der Waals surface area contributed by atoms with Crippen LogP contribution in [-0.4, -0.2) is 21.4 Å². The largest absolute Gasteiger partial charge is 2.00 e. The molecular weight excluding hydrogens is 658 g/mol. The third kappa shape index (κ3) is 3.57. The molecule has 0 bridgehead atoms. The molecular formula is C33H21BN4Pt. The fourth-order valence-corrected chi connectivity index (χ4v) is 5.98. The molecule has 0 saturated heterocycles. The summed E-state index contributed by atoms with van der Waals surface area (Å²) in [6.45, 7) is -0.0892. The van der Waals surface area contributed by atoms with E-state index in [2.05, 4.69) is 99.7 Å². The Bertz CT molecular complexity index is 1860. The first-order valence-corrected chi connectivity index (χ1v) is 12.8. The molecule has 0 radical (unpaired) electrons. The Hall–Kier alpha value is -4.21. The van der Waals surface area contributed by atoms with Crippen molar-refractivity contribution in [2.24, 2.45) is 7.05 Å². The van der Waals surface area contributed by atoms with Gasteiger partial charge in [-0.1, -0.05) is 48.5 Å². The summed E-state index contributed by atoms with van der Waals surface area (Å²) in [5.41, 5.74) is 12.4. The SMILES string of the molecule is Cn1ccnc1-c1[c-]c2c(cc1)-c1ccccc1N1B2c2[c-]c(-c3ccccn3)ccc2-c2ccccc21.[Pt+2]. The third-order valence-electron chi connectivity index (χ3n) is 7.67. The molecule has 6 heteroatoms. The minimum absolute atomic E-state index is 0. The number of benzene rings is 4. The van der Waals surface area contributed by atoms with Crippen LogP contribution in [0.5, 0.6) is 0 Å². The summed E-state index contributed by atoms with van der Waals surface area (Å²) < 4.78 is 2.04. The average molecular weight is 679 g/mol. The van der Waals surface area contributed by atoms with Crippen molar-refractivity contribution >= 4 is 29.1 Å². The van der Waals surface area contributed by atoms with Crippen LogP contribution in [0, 0.1) is 12.1 Å². The first kappa shape index (κ1) is 23.9. The zero-order valence-corrected chi connectivity index (χ0v) is 23.3. The van der Waals surface area contributed by atoms with E-state index in [1.165, 1.54) is 33.6 Å². The average Bonchev–Trinajstić information content (AvgIpc) is 3.42. The van der Waals surface area contributed by atoms with Crippen LogP contribution in [0.1, 0.15) is 0 Å². The van der Waals surface area contributed by atoms with Gasteiger partial charge >= 0.3 is 21.1 Å². The van der Waals surface area contributed by atoms with Gasteiger partial charge in [0.25, 0.3) is 6.85 Å². The Kier molecular flexibility index (Phi) is 5.64. The van der Waals surface area contributed by atoms with Crippen LogP contribution in [0.2, 0.25) is 0 Å². The topological polar surface area (TPSA) is 34.0 Å². The number of nitrogens with zero attached hydrogens (tertiary/aromatic N) is 4. The molecule has 0 atom stereocenters. The Morgan fingerprint density at radius 3 is 1.85 bits per heavy atom. The fourth-order valence-electron chi connectivity index (χ4n) is 5.98. The molecule has 0 unspecified atom stereocenters. The maximum absolute atomic E-state index is 4.62. The predicted octanol–water partition coefficient (Wildman–Crippen LogP) is 5.65. The van der Waals surface area contributed by atoms with Crippen molar-refractivity contribution in [1.82, 2.24) is 14.5 Å². The summed E-state index contributed by atoms with van der Waals surface area (Å²) in [5, 5.41) is 0. The van der Waals surface area contributed by atoms with Crippen LogP contribution in [0.3, 0.4) is 0 Å². The minimum atomic E-state index is -0.0892. The summed E-state index contributed by atoms with van der Waals surface area (Å²) in [5.74, 6) is 0.904. The van der Waals surface area contributed by atoms with Gasteiger partial charge in [0.2, 0.25) is 0 Å². The Balaban J connectivity index is 0.00000253. The first-order valence-electron chi connectivity index (χ1n) is 12.8. The third-order valence-corrected chi connectivity index (χ3v) is 7.67. The van der Waals surface area contributed by atoms with E-state index >= 15 is 0 Å². The number of imidazole rings is 1. The van der Waals surface area contributed by atoms with Crippen molar-refractivity contribution in [3.63, 3.8) is 0 Å². The Morgan fingerprint density at radius 2 is 1.23 bits per heavy atom. The monoisotopic (exact) mass is 679 g/mol. The quantitative estimate of drug-likeness (QED) is 0.175. The van der Waals surface area contributed by atoms with E-state index in [0.717, 1.165) is 33.6 Å². The molecule has 4 nitrogen and oxygen atoms in total. The van der Waals surface area contributed by atoms with Crippen LogP contribution in [0.25, 0.3) is 44.9 Å². The van der Waals surface area contributed by atoms with Gasteiger partial charge in [-0.15, -0.1) is 69.6 Å².